The topological polar surface area (TPSA) is 49.3 Å². The number of halogens is 1. The zero-order valence-corrected chi connectivity index (χ0v) is 9.74. The Morgan fingerprint density at radius 2 is 2.29 bits per heavy atom. The fourth-order valence-corrected chi connectivity index (χ4v) is 1.97. The Morgan fingerprint density at radius 3 is 2.82 bits per heavy atom. The largest absolute Gasteiger partial charge is 0.392 e. The van der Waals surface area contributed by atoms with Crippen molar-refractivity contribution < 1.29 is 14.3 Å². The number of aliphatic hydroxyl groups is 1. The van der Waals surface area contributed by atoms with E-state index in [1.54, 1.807) is 19.1 Å². The molecule has 2 rings (SSSR count). The summed E-state index contributed by atoms with van der Waals surface area (Å²) in [5, 5.41) is 11.8. The van der Waals surface area contributed by atoms with Crippen molar-refractivity contribution in [3.05, 3.63) is 35.6 Å². The summed E-state index contributed by atoms with van der Waals surface area (Å²) in [5.74, 6) is -0.443. The highest BCUT2D eigenvalue weighted by Gasteiger charge is 2.51. The van der Waals surface area contributed by atoms with Gasteiger partial charge in [0.2, 0.25) is 5.91 Å². The zero-order valence-electron chi connectivity index (χ0n) is 9.74. The highest BCUT2D eigenvalue weighted by molar-refractivity contribution is 5.91. The predicted molar refractivity (Wildman–Crippen MR) is 62.0 cm³/mol. The molecule has 0 aliphatic heterocycles. The molecule has 0 heterocycles. The van der Waals surface area contributed by atoms with Crippen molar-refractivity contribution in [2.24, 2.45) is 0 Å². The molecule has 4 heteroatoms. The van der Waals surface area contributed by atoms with E-state index in [0.717, 1.165) is 18.4 Å². The Labute approximate surface area is 99.7 Å². The quantitative estimate of drug-likeness (QED) is 0.830. The van der Waals surface area contributed by atoms with E-state index in [-0.39, 0.29) is 18.3 Å². The van der Waals surface area contributed by atoms with E-state index < -0.39 is 11.5 Å². The summed E-state index contributed by atoms with van der Waals surface area (Å²) in [6, 6.07) is 6.17. The molecule has 0 radical (unpaired) electrons. The van der Waals surface area contributed by atoms with Crippen LogP contribution in [0.1, 0.15) is 25.3 Å². The number of amides is 1. The van der Waals surface area contributed by atoms with Crippen molar-refractivity contribution in [2.75, 3.05) is 6.54 Å². The van der Waals surface area contributed by atoms with Crippen molar-refractivity contribution in [3.63, 3.8) is 0 Å². The van der Waals surface area contributed by atoms with E-state index in [1.165, 1.54) is 12.1 Å². The summed E-state index contributed by atoms with van der Waals surface area (Å²) in [5.41, 5.74) is 0.150. The number of hydrogen-bond donors (Lipinski definition) is 2. The summed E-state index contributed by atoms with van der Waals surface area (Å²) in [7, 11) is 0. The van der Waals surface area contributed by atoms with Gasteiger partial charge in [0.15, 0.2) is 0 Å². The first-order chi connectivity index (χ1) is 8.04. The van der Waals surface area contributed by atoms with Gasteiger partial charge in [-0.3, -0.25) is 4.79 Å². The van der Waals surface area contributed by atoms with Gasteiger partial charge in [-0.15, -0.1) is 0 Å². The van der Waals surface area contributed by atoms with Crippen LogP contribution in [-0.2, 0) is 10.2 Å². The van der Waals surface area contributed by atoms with Gasteiger partial charge in [-0.2, -0.15) is 0 Å². The number of carbonyl (C=O) groups excluding carboxylic acids is 1. The third kappa shape index (κ3) is 2.47. The van der Waals surface area contributed by atoms with Crippen LogP contribution in [0.4, 0.5) is 4.39 Å². The van der Waals surface area contributed by atoms with Gasteiger partial charge in [0.25, 0.3) is 0 Å². The third-order valence-corrected chi connectivity index (χ3v) is 3.12. The Hall–Kier alpha value is -1.42. The number of nitrogens with one attached hydrogen (secondary N) is 1. The maximum atomic E-state index is 13.1. The lowest BCUT2D eigenvalue weighted by molar-refractivity contribution is -0.124. The van der Waals surface area contributed by atoms with Crippen LogP contribution in [0.5, 0.6) is 0 Å². The van der Waals surface area contributed by atoms with Crippen LogP contribution in [0.3, 0.4) is 0 Å². The minimum atomic E-state index is -0.572. The van der Waals surface area contributed by atoms with Gasteiger partial charge in [0, 0.05) is 6.54 Å². The van der Waals surface area contributed by atoms with Crippen LogP contribution in [0, 0.1) is 5.82 Å². The van der Waals surface area contributed by atoms with Crippen LogP contribution in [0.15, 0.2) is 24.3 Å². The zero-order chi connectivity index (χ0) is 12.5. The van der Waals surface area contributed by atoms with Crippen LogP contribution in [0.2, 0.25) is 0 Å². The molecule has 0 saturated heterocycles. The second-order valence-electron chi connectivity index (χ2n) is 4.65. The SMILES string of the molecule is CC(O)CNC(=O)C1(c2cccc(F)c2)CC1. The van der Waals surface area contributed by atoms with Crippen LogP contribution in [-0.4, -0.2) is 23.7 Å². The molecule has 1 aromatic carbocycles. The number of benzene rings is 1. The molecule has 1 aromatic rings. The summed E-state index contributed by atoms with van der Waals surface area (Å²) in [6.45, 7) is 1.85. The molecular weight excluding hydrogens is 221 g/mol. The maximum Gasteiger partial charge on any atom is 0.230 e. The number of hydrogen-bond acceptors (Lipinski definition) is 2. The van der Waals surface area contributed by atoms with Gasteiger partial charge in [0.1, 0.15) is 5.82 Å². The van der Waals surface area contributed by atoms with Gasteiger partial charge in [-0.25, -0.2) is 4.39 Å². The predicted octanol–water partition coefficient (Wildman–Crippen LogP) is 1.35. The highest BCUT2D eigenvalue weighted by Crippen LogP contribution is 2.48. The van der Waals surface area contributed by atoms with Crippen LogP contribution in [0.25, 0.3) is 0 Å². The molecule has 3 nitrogen and oxygen atoms in total. The van der Waals surface area contributed by atoms with Crippen molar-refractivity contribution in [1.29, 1.82) is 0 Å². The molecule has 0 bridgehead atoms. The van der Waals surface area contributed by atoms with Crippen molar-refractivity contribution >= 4 is 5.91 Å². The summed E-state index contributed by atoms with van der Waals surface area (Å²) in [4.78, 5) is 12.0. The molecule has 92 valence electrons. The first-order valence-corrected chi connectivity index (χ1v) is 5.77. The van der Waals surface area contributed by atoms with Gasteiger partial charge in [-0.05, 0) is 37.5 Å². The van der Waals surface area contributed by atoms with Gasteiger partial charge in [0.05, 0.1) is 11.5 Å². The molecule has 1 atom stereocenters. The second kappa shape index (κ2) is 4.45. The normalized spacial score (nSPS) is 18.5. The first kappa shape index (κ1) is 12.0. The average Bonchev–Trinajstić information content (AvgIpc) is 3.07. The fourth-order valence-electron chi connectivity index (χ4n) is 1.97. The fraction of sp³-hybridized carbons (Fsp3) is 0.462. The summed E-state index contributed by atoms with van der Waals surface area (Å²) < 4.78 is 13.1. The molecule has 0 aromatic heterocycles. The molecule has 1 aliphatic rings. The minimum absolute atomic E-state index is 0.121. The molecule has 0 spiro atoms. The van der Waals surface area contributed by atoms with E-state index >= 15 is 0 Å². The lowest BCUT2D eigenvalue weighted by atomic mass is 9.95. The van der Waals surface area contributed by atoms with Crippen molar-refractivity contribution in [1.82, 2.24) is 5.32 Å². The molecule has 2 N–H and O–H groups in total. The number of carbonyl (C=O) groups is 1. The first-order valence-electron chi connectivity index (χ1n) is 5.77. The number of aliphatic hydroxyl groups excluding tert-OH is 1. The average molecular weight is 237 g/mol. The van der Waals surface area contributed by atoms with Gasteiger partial charge < -0.3 is 10.4 Å². The Balaban J connectivity index is 2.11. The summed E-state index contributed by atoms with van der Waals surface area (Å²) in [6.07, 6.45) is 0.909. The second-order valence-corrected chi connectivity index (χ2v) is 4.65. The van der Waals surface area contributed by atoms with Gasteiger partial charge in [-0.1, -0.05) is 12.1 Å². The minimum Gasteiger partial charge on any atom is -0.392 e. The van der Waals surface area contributed by atoms with Crippen LogP contribution >= 0.6 is 0 Å². The molecule has 1 fully saturated rings. The lowest BCUT2D eigenvalue weighted by Gasteiger charge is -2.16. The molecule has 1 saturated carbocycles. The molecule has 17 heavy (non-hydrogen) atoms. The highest BCUT2D eigenvalue weighted by atomic mass is 19.1. The molecule has 1 aliphatic carbocycles. The Kier molecular flexibility index (Phi) is 3.15. The van der Waals surface area contributed by atoms with Crippen molar-refractivity contribution in [3.8, 4) is 0 Å². The molecule has 1 unspecified atom stereocenters. The third-order valence-electron chi connectivity index (χ3n) is 3.12. The maximum absolute atomic E-state index is 13.1. The van der Waals surface area contributed by atoms with Crippen molar-refractivity contribution in [2.45, 2.75) is 31.3 Å². The molecule has 1 amide bonds. The van der Waals surface area contributed by atoms with E-state index in [9.17, 15) is 9.18 Å². The van der Waals surface area contributed by atoms with Gasteiger partial charge >= 0.3 is 0 Å². The van der Waals surface area contributed by atoms with Crippen LogP contribution < -0.4 is 5.32 Å². The van der Waals surface area contributed by atoms with E-state index in [0.29, 0.717) is 0 Å². The van der Waals surface area contributed by atoms with E-state index in [1.807, 2.05) is 0 Å². The molecular formula is C13H16FNO2. The van der Waals surface area contributed by atoms with E-state index in [2.05, 4.69) is 5.32 Å². The summed E-state index contributed by atoms with van der Waals surface area (Å²) >= 11 is 0. The Bertz CT molecular complexity index is 427. The monoisotopic (exact) mass is 237 g/mol. The van der Waals surface area contributed by atoms with E-state index in [4.69, 9.17) is 5.11 Å². The smallest absolute Gasteiger partial charge is 0.230 e. The lowest BCUT2D eigenvalue weighted by Crippen LogP contribution is -2.38. The standard InChI is InChI=1S/C13H16FNO2/c1-9(16)8-15-12(17)13(5-6-13)10-3-2-4-11(14)7-10/h2-4,7,9,16H,5-6,8H2,1H3,(H,15,17). The number of rotatable bonds is 4. The Morgan fingerprint density at radius 1 is 1.59 bits per heavy atom.